The van der Waals surface area contributed by atoms with Gasteiger partial charge in [-0.15, -0.1) is 0 Å². The molecule has 4 heteroatoms. The fourth-order valence-electron chi connectivity index (χ4n) is 2.62. The average Bonchev–Trinajstić information content (AvgIpc) is 2.23. The van der Waals surface area contributed by atoms with Crippen LogP contribution in [0.5, 0.6) is 0 Å². The molecule has 1 fully saturated rings. The van der Waals surface area contributed by atoms with Crippen LogP contribution in [-0.2, 0) is 14.3 Å². The zero-order valence-corrected chi connectivity index (χ0v) is 10.8. The smallest absolute Gasteiger partial charge is 0.320 e. The molecule has 4 nitrogen and oxygen atoms in total. The van der Waals surface area contributed by atoms with Gasteiger partial charge >= 0.3 is 11.9 Å². The Labute approximate surface area is 102 Å². The molecule has 0 aromatic heterocycles. The van der Waals surface area contributed by atoms with E-state index in [0.717, 1.165) is 19.3 Å². The molecule has 4 atom stereocenters. The molecule has 17 heavy (non-hydrogen) atoms. The molecule has 1 rings (SSSR count). The maximum Gasteiger partial charge on any atom is 0.320 e. The van der Waals surface area contributed by atoms with E-state index in [9.17, 15) is 14.7 Å². The largest absolute Gasteiger partial charge is 0.481 e. The van der Waals surface area contributed by atoms with E-state index in [1.807, 2.05) is 0 Å². The van der Waals surface area contributed by atoms with Gasteiger partial charge in [0.1, 0.15) is 0 Å². The predicted octanol–water partition coefficient (Wildman–Crippen LogP) is 2.32. The molecule has 4 unspecified atom stereocenters. The van der Waals surface area contributed by atoms with Crippen LogP contribution in [-0.4, -0.2) is 23.7 Å². The van der Waals surface area contributed by atoms with Gasteiger partial charge in [-0.25, -0.2) is 0 Å². The van der Waals surface area contributed by atoms with Gasteiger partial charge in [0, 0.05) is 0 Å². The van der Waals surface area contributed by atoms with Crippen molar-refractivity contribution in [1.29, 1.82) is 0 Å². The van der Waals surface area contributed by atoms with Gasteiger partial charge in [-0.3, -0.25) is 9.59 Å². The minimum atomic E-state index is -1.05. The number of carbonyl (C=O) groups excluding carboxylic acids is 1. The fourth-order valence-corrected chi connectivity index (χ4v) is 2.62. The van der Waals surface area contributed by atoms with Gasteiger partial charge < -0.3 is 9.84 Å². The first-order valence-corrected chi connectivity index (χ1v) is 6.36. The SMILES string of the molecule is CCOC(=O)C(C(=O)O)C1CCC(C)C(C)C1. The van der Waals surface area contributed by atoms with Crippen molar-refractivity contribution in [3.05, 3.63) is 0 Å². The van der Waals surface area contributed by atoms with E-state index in [1.165, 1.54) is 0 Å². The first-order valence-electron chi connectivity index (χ1n) is 6.36. The van der Waals surface area contributed by atoms with Crippen LogP contribution in [0.1, 0.15) is 40.0 Å². The van der Waals surface area contributed by atoms with Gasteiger partial charge in [0.2, 0.25) is 0 Å². The molecule has 1 saturated carbocycles. The van der Waals surface area contributed by atoms with Gasteiger partial charge in [-0.05, 0) is 37.5 Å². The molecule has 0 saturated heterocycles. The van der Waals surface area contributed by atoms with Crippen LogP contribution in [0.2, 0.25) is 0 Å². The minimum absolute atomic E-state index is 0.0715. The van der Waals surface area contributed by atoms with Gasteiger partial charge in [-0.1, -0.05) is 20.3 Å². The number of esters is 1. The highest BCUT2D eigenvalue weighted by molar-refractivity contribution is 5.94. The topological polar surface area (TPSA) is 63.6 Å². The van der Waals surface area contributed by atoms with Crippen LogP contribution in [0.15, 0.2) is 0 Å². The van der Waals surface area contributed by atoms with E-state index in [2.05, 4.69) is 13.8 Å². The van der Waals surface area contributed by atoms with E-state index in [4.69, 9.17) is 4.74 Å². The second-order valence-corrected chi connectivity index (χ2v) is 5.10. The van der Waals surface area contributed by atoms with Crippen molar-refractivity contribution >= 4 is 11.9 Å². The summed E-state index contributed by atoms with van der Waals surface area (Å²) in [7, 11) is 0. The number of hydrogen-bond acceptors (Lipinski definition) is 3. The second-order valence-electron chi connectivity index (χ2n) is 5.10. The highest BCUT2D eigenvalue weighted by Crippen LogP contribution is 2.37. The van der Waals surface area contributed by atoms with E-state index in [1.54, 1.807) is 6.92 Å². The van der Waals surface area contributed by atoms with Crippen LogP contribution < -0.4 is 0 Å². The number of carbonyl (C=O) groups is 2. The average molecular weight is 242 g/mol. The van der Waals surface area contributed by atoms with E-state index in [-0.39, 0.29) is 12.5 Å². The Bertz CT molecular complexity index is 287. The number of ether oxygens (including phenoxy) is 1. The van der Waals surface area contributed by atoms with Crippen molar-refractivity contribution in [2.75, 3.05) is 6.61 Å². The molecule has 1 N–H and O–H groups in total. The van der Waals surface area contributed by atoms with E-state index in [0.29, 0.717) is 11.8 Å². The summed E-state index contributed by atoms with van der Waals surface area (Å²) in [4.78, 5) is 22.9. The predicted molar refractivity (Wildman–Crippen MR) is 63.4 cm³/mol. The second kappa shape index (κ2) is 6.03. The fraction of sp³-hybridized carbons (Fsp3) is 0.846. The summed E-state index contributed by atoms with van der Waals surface area (Å²) in [6.45, 7) is 6.24. The molecule has 0 bridgehead atoms. The van der Waals surface area contributed by atoms with Gasteiger partial charge in [-0.2, -0.15) is 0 Å². The van der Waals surface area contributed by atoms with Crippen LogP contribution in [0.3, 0.4) is 0 Å². The summed E-state index contributed by atoms with van der Waals surface area (Å²) in [5.74, 6) is -1.59. The number of carboxylic acids is 1. The molecule has 1 aliphatic carbocycles. The normalized spacial score (nSPS) is 30.6. The van der Waals surface area contributed by atoms with Crippen molar-refractivity contribution in [3.63, 3.8) is 0 Å². The van der Waals surface area contributed by atoms with Crippen LogP contribution in [0.25, 0.3) is 0 Å². The molecular formula is C13H22O4. The highest BCUT2D eigenvalue weighted by atomic mass is 16.5. The summed E-state index contributed by atoms with van der Waals surface area (Å²) in [6.07, 6.45) is 2.60. The minimum Gasteiger partial charge on any atom is -0.481 e. The Morgan fingerprint density at radius 2 is 1.94 bits per heavy atom. The molecular weight excluding hydrogens is 220 g/mol. The molecule has 1 aliphatic rings. The Morgan fingerprint density at radius 3 is 2.41 bits per heavy atom. The van der Waals surface area contributed by atoms with Crippen molar-refractivity contribution in [2.45, 2.75) is 40.0 Å². The van der Waals surface area contributed by atoms with Crippen LogP contribution >= 0.6 is 0 Å². The number of rotatable bonds is 4. The van der Waals surface area contributed by atoms with Crippen LogP contribution in [0.4, 0.5) is 0 Å². The summed E-state index contributed by atoms with van der Waals surface area (Å²) >= 11 is 0. The third-order valence-electron chi connectivity index (χ3n) is 3.92. The molecule has 98 valence electrons. The molecule has 0 aromatic rings. The third-order valence-corrected chi connectivity index (χ3v) is 3.92. The third kappa shape index (κ3) is 3.45. The van der Waals surface area contributed by atoms with Gasteiger partial charge in [0.15, 0.2) is 5.92 Å². The molecule has 0 aromatic carbocycles. The summed E-state index contributed by atoms with van der Waals surface area (Å²) in [5.41, 5.74) is 0. The van der Waals surface area contributed by atoms with Crippen LogP contribution in [0, 0.1) is 23.7 Å². The zero-order chi connectivity index (χ0) is 13.0. The summed E-state index contributed by atoms with van der Waals surface area (Å²) in [5, 5.41) is 9.17. The first kappa shape index (κ1) is 14.0. The quantitative estimate of drug-likeness (QED) is 0.607. The number of carboxylic acid groups (broad SMARTS) is 1. The van der Waals surface area contributed by atoms with E-state index < -0.39 is 17.9 Å². The highest BCUT2D eigenvalue weighted by Gasteiger charge is 2.39. The first-order chi connectivity index (χ1) is 7.97. The standard InChI is InChI=1S/C13H22O4/c1-4-17-13(16)11(12(14)15)10-6-5-8(2)9(3)7-10/h8-11H,4-7H2,1-3H3,(H,14,15). The summed E-state index contributed by atoms with van der Waals surface area (Å²) < 4.78 is 4.86. The lowest BCUT2D eigenvalue weighted by Crippen LogP contribution is -2.36. The lowest BCUT2D eigenvalue weighted by Gasteiger charge is -2.34. The van der Waals surface area contributed by atoms with Crippen molar-refractivity contribution in [2.24, 2.45) is 23.7 Å². The monoisotopic (exact) mass is 242 g/mol. The molecule has 0 spiro atoms. The Hall–Kier alpha value is -1.06. The van der Waals surface area contributed by atoms with Gasteiger partial charge in [0.25, 0.3) is 0 Å². The Balaban J connectivity index is 2.71. The summed E-state index contributed by atoms with van der Waals surface area (Å²) in [6, 6.07) is 0. The number of hydrogen-bond donors (Lipinski definition) is 1. The van der Waals surface area contributed by atoms with Crippen molar-refractivity contribution < 1.29 is 19.4 Å². The Morgan fingerprint density at radius 1 is 1.29 bits per heavy atom. The number of aliphatic carboxylic acids is 1. The van der Waals surface area contributed by atoms with E-state index >= 15 is 0 Å². The molecule has 0 amide bonds. The molecule has 0 aliphatic heterocycles. The zero-order valence-electron chi connectivity index (χ0n) is 10.8. The maximum absolute atomic E-state index is 11.7. The lowest BCUT2D eigenvalue weighted by molar-refractivity contribution is -0.162. The molecule has 0 heterocycles. The maximum atomic E-state index is 11.7. The van der Waals surface area contributed by atoms with Crippen molar-refractivity contribution in [1.82, 2.24) is 0 Å². The molecule has 0 radical (unpaired) electrons. The lowest BCUT2D eigenvalue weighted by atomic mass is 9.71. The van der Waals surface area contributed by atoms with Gasteiger partial charge in [0.05, 0.1) is 6.61 Å². The van der Waals surface area contributed by atoms with Crippen molar-refractivity contribution in [3.8, 4) is 0 Å². The Kier molecular flexibility index (Phi) is 4.97.